The fraction of sp³-hybridized carbons (Fsp3) is 0.533. The zero-order valence-corrected chi connectivity index (χ0v) is 13.1. The lowest BCUT2D eigenvalue weighted by atomic mass is 10.1. The van der Waals surface area contributed by atoms with E-state index in [-0.39, 0.29) is 17.6 Å². The van der Waals surface area contributed by atoms with Crippen LogP contribution in [0.1, 0.15) is 27.7 Å². The number of rotatable bonds is 7. The maximum Gasteiger partial charge on any atom is 0.293 e. The summed E-state index contributed by atoms with van der Waals surface area (Å²) < 4.78 is 11.0. The van der Waals surface area contributed by atoms with E-state index < -0.39 is 0 Å². The van der Waals surface area contributed by atoms with Gasteiger partial charge in [-0.25, -0.2) is 0 Å². The van der Waals surface area contributed by atoms with Gasteiger partial charge in [0.1, 0.15) is 6.10 Å². The zero-order valence-electron chi connectivity index (χ0n) is 12.1. The standard InChI is InChI=1S/C15H23O3P/c1-5-19-15(3,4)18-14-8-6-7-13(9-10-14)12(2)17-11-16/h6-12,14,19H,5H2,1-4H3. The summed E-state index contributed by atoms with van der Waals surface area (Å²) in [6, 6.07) is 0. The minimum atomic E-state index is -0.234. The van der Waals surface area contributed by atoms with Gasteiger partial charge in [-0.2, -0.15) is 0 Å². The maximum absolute atomic E-state index is 10.4. The molecule has 0 aliphatic heterocycles. The van der Waals surface area contributed by atoms with Crippen molar-refractivity contribution in [1.29, 1.82) is 0 Å². The van der Waals surface area contributed by atoms with Gasteiger partial charge in [-0.1, -0.05) is 45.9 Å². The molecule has 0 N–H and O–H groups in total. The van der Waals surface area contributed by atoms with E-state index in [1.165, 1.54) is 0 Å². The Hall–Kier alpha value is -0.920. The Balaban J connectivity index is 2.65. The van der Waals surface area contributed by atoms with Crippen molar-refractivity contribution in [3.8, 4) is 0 Å². The number of hydrogen-bond acceptors (Lipinski definition) is 3. The lowest BCUT2D eigenvalue weighted by Gasteiger charge is -2.28. The Kier molecular flexibility index (Phi) is 6.47. The van der Waals surface area contributed by atoms with Crippen molar-refractivity contribution in [1.82, 2.24) is 0 Å². The molecule has 106 valence electrons. The van der Waals surface area contributed by atoms with Gasteiger partial charge in [-0.05, 0) is 32.5 Å². The molecule has 4 heteroatoms. The molecule has 1 aliphatic rings. The van der Waals surface area contributed by atoms with Crippen LogP contribution in [-0.4, -0.2) is 30.2 Å². The lowest BCUT2D eigenvalue weighted by molar-refractivity contribution is -0.131. The topological polar surface area (TPSA) is 35.5 Å². The van der Waals surface area contributed by atoms with Crippen LogP contribution in [0.15, 0.2) is 36.0 Å². The van der Waals surface area contributed by atoms with Crippen molar-refractivity contribution in [2.24, 2.45) is 0 Å². The van der Waals surface area contributed by atoms with Crippen LogP contribution in [-0.2, 0) is 14.3 Å². The van der Waals surface area contributed by atoms with Gasteiger partial charge >= 0.3 is 0 Å². The van der Waals surface area contributed by atoms with E-state index in [0.717, 1.165) is 20.3 Å². The summed E-state index contributed by atoms with van der Waals surface area (Å²) in [7, 11) is 0.775. The van der Waals surface area contributed by atoms with Gasteiger partial charge in [0.2, 0.25) is 0 Å². The van der Waals surface area contributed by atoms with E-state index in [4.69, 9.17) is 9.47 Å². The molecule has 0 heterocycles. The molecular weight excluding hydrogens is 259 g/mol. The molecular formula is C15H23O3P. The Morgan fingerprint density at radius 2 is 2.21 bits per heavy atom. The first-order chi connectivity index (χ1) is 8.98. The van der Waals surface area contributed by atoms with Crippen LogP contribution in [0.4, 0.5) is 0 Å². The van der Waals surface area contributed by atoms with Crippen LogP contribution >= 0.6 is 8.58 Å². The molecule has 0 bridgehead atoms. The van der Waals surface area contributed by atoms with Crippen molar-refractivity contribution in [3.63, 3.8) is 0 Å². The monoisotopic (exact) mass is 282 g/mol. The molecule has 0 radical (unpaired) electrons. The molecule has 0 fully saturated rings. The minimum Gasteiger partial charge on any atom is -0.460 e. The van der Waals surface area contributed by atoms with Crippen LogP contribution < -0.4 is 0 Å². The molecule has 1 rings (SSSR count). The number of ether oxygens (including phenoxy) is 2. The van der Waals surface area contributed by atoms with E-state index in [1.54, 1.807) is 0 Å². The molecule has 0 aromatic heterocycles. The smallest absolute Gasteiger partial charge is 0.293 e. The van der Waals surface area contributed by atoms with E-state index >= 15 is 0 Å². The van der Waals surface area contributed by atoms with Crippen LogP contribution in [0, 0.1) is 0 Å². The maximum atomic E-state index is 10.4. The average Bonchev–Trinajstić information content (AvgIpc) is 2.54. The first kappa shape index (κ1) is 16.1. The summed E-state index contributed by atoms with van der Waals surface area (Å²) in [5, 5.41) is -0.108. The van der Waals surface area contributed by atoms with Crippen molar-refractivity contribution in [2.45, 2.75) is 45.2 Å². The number of carbonyl (C=O) groups excluding carboxylic acids is 1. The second kappa shape index (κ2) is 7.62. The highest BCUT2D eigenvalue weighted by atomic mass is 31.1. The minimum absolute atomic E-state index is 0.0359. The Bertz CT molecular complexity index is 383. The van der Waals surface area contributed by atoms with E-state index in [2.05, 4.69) is 20.8 Å². The fourth-order valence-electron chi connectivity index (χ4n) is 1.92. The van der Waals surface area contributed by atoms with E-state index in [0.29, 0.717) is 6.47 Å². The third kappa shape index (κ3) is 5.71. The lowest BCUT2D eigenvalue weighted by Crippen LogP contribution is -2.24. The van der Waals surface area contributed by atoms with Crippen molar-refractivity contribution in [3.05, 3.63) is 36.0 Å². The first-order valence-electron chi connectivity index (χ1n) is 6.57. The molecule has 1 aliphatic carbocycles. The average molecular weight is 282 g/mol. The SMILES string of the molecule is CCPC(C)(C)OC1C=CC=C(C(C)OC=O)C=C1. The Labute approximate surface area is 117 Å². The molecule has 3 nitrogen and oxygen atoms in total. The van der Waals surface area contributed by atoms with Gasteiger partial charge in [0.25, 0.3) is 6.47 Å². The highest BCUT2D eigenvalue weighted by Crippen LogP contribution is 2.33. The summed E-state index contributed by atoms with van der Waals surface area (Å²) in [5.74, 6) is 0. The predicted molar refractivity (Wildman–Crippen MR) is 80.8 cm³/mol. The third-order valence-corrected chi connectivity index (χ3v) is 4.15. The summed E-state index contributed by atoms with van der Waals surface area (Å²) in [6.45, 7) is 8.73. The Morgan fingerprint density at radius 1 is 1.47 bits per heavy atom. The molecule has 3 atom stereocenters. The molecule has 0 amide bonds. The van der Waals surface area contributed by atoms with Gasteiger partial charge in [-0.3, -0.25) is 4.79 Å². The summed E-state index contributed by atoms with van der Waals surface area (Å²) in [4.78, 5) is 10.4. The molecule has 3 unspecified atom stereocenters. The number of carbonyl (C=O) groups is 1. The van der Waals surface area contributed by atoms with Gasteiger partial charge in [0, 0.05) is 0 Å². The third-order valence-electron chi connectivity index (χ3n) is 2.83. The molecule has 0 saturated carbocycles. The van der Waals surface area contributed by atoms with Gasteiger partial charge in [0.15, 0.2) is 0 Å². The quantitative estimate of drug-likeness (QED) is 0.530. The van der Waals surface area contributed by atoms with Crippen molar-refractivity contribution < 1.29 is 14.3 Å². The molecule has 0 spiro atoms. The van der Waals surface area contributed by atoms with Gasteiger partial charge in [-0.15, -0.1) is 0 Å². The number of allylic oxidation sites excluding steroid dienone is 2. The van der Waals surface area contributed by atoms with E-state index in [9.17, 15) is 4.79 Å². The normalized spacial score (nSPS) is 21.3. The zero-order chi connectivity index (χ0) is 14.3. The fourth-order valence-corrected chi connectivity index (χ4v) is 2.99. The molecule has 0 aromatic carbocycles. The van der Waals surface area contributed by atoms with Crippen LogP contribution in [0.3, 0.4) is 0 Å². The largest absolute Gasteiger partial charge is 0.460 e. The van der Waals surface area contributed by atoms with E-state index in [1.807, 2.05) is 37.3 Å². The highest BCUT2D eigenvalue weighted by Gasteiger charge is 2.20. The van der Waals surface area contributed by atoms with Gasteiger partial charge < -0.3 is 9.47 Å². The summed E-state index contributed by atoms with van der Waals surface area (Å²) >= 11 is 0. The Morgan fingerprint density at radius 3 is 2.84 bits per heavy atom. The molecule has 0 aromatic rings. The predicted octanol–water partition coefficient (Wildman–Crippen LogP) is 3.42. The van der Waals surface area contributed by atoms with Crippen LogP contribution in [0.2, 0.25) is 0 Å². The summed E-state index contributed by atoms with van der Waals surface area (Å²) in [5.41, 5.74) is 0.963. The van der Waals surface area contributed by atoms with Crippen LogP contribution in [0.5, 0.6) is 0 Å². The molecule has 0 saturated heterocycles. The second-order valence-corrected chi connectivity index (χ2v) is 7.17. The van der Waals surface area contributed by atoms with Crippen LogP contribution in [0.25, 0.3) is 0 Å². The van der Waals surface area contributed by atoms with Gasteiger partial charge in [0.05, 0.1) is 11.4 Å². The first-order valence-corrected chi connectivity index (χ1v) is 7.77. The molecule has 19 heavy (non-hydrogen) atoms. The van der Waals surface area contributed by atoms with Crippen molar-refractivity contribution >= 4 is 15.1 Å². The summed E-state index contributed by atoms with van der Waals surface area (Å²) in [6.07, 6.45) is 10.7. The number of hydrogen-bond donors (Lipinski definition) is 0. The second-order valence-electron chi connectivity index (χ2n) is 4.91. The van der Waals surface area contributed by atoms with Crippen molar-refractivity contribution in [2.75, 3.05) is 6.16 Å². The highest BCUT2D eigenvalue weighted by molar-refractivity contribution is 7.39.